The third kappa shape index (κ3) is 3.55. The molecule has 2 atom stereocenters. The molecule has 1 aliphatic rings. The highest BCUT2D eigenvalue weighted by molar-refractivity contribution is 5.54. The van der Waals surface area contributed by atoms with Gasteiger partial charge < -0.3 is 15.8 Å². The number of aliphatic hydroxyl groups excluding tert-OH is 1. The summed E-state index contributed by atoms with van der Waals surface area (Å²) in [7, 11) is 0. The highest BCUT2D eigenvalue weighted by atomic mass is 16.6. The number of nitrogen functional groups attached to an aromatic ring is 1. The maximum atomic E-state index is 10.9. The highest BCUT2D eigenvalue weighted by Gasteiger charge is 2.22. The average molecular weight is 281 g/mol. The number of nitro groups is 1. The van der Waals surface area contributed by atoms with E-state index in [0.717, 1.165) is 32.1 Å². The Kier molecular flexibility index (Phi) is 4.70. The lowest BCUT2D eigenvalue weighted by Crippen LogP contribution is -2.32. The van der Waals surface area contributed by atoms with E-state index < -0.39 is 11.0 Å². The van der Waals surface area contributed by atoms with Crippen molar-refractivity contribution in [2.24, 2.45) is 5.84 Å². The Balaban J connectivity index is 2.18. The molecule has 0 aliphatic heterocycles. The van der Waals surface area contributed by atoms with Crippen LogP contribution in [0.15, 0.2) is 12.1 Å². The maximum Gasteiger partial charge on any atom is 0.276 e. The van der Waals surface area contributed by atoms with E-state index in [-0.39, 0.29) is 17.5 Å². The Hall–Kier alpha value is -1.93. The molecule has 1 fully saturated rings. The van der Waals surface area contributed by atoms with Crippen LogP contribution in [0.25, 0.3) is 0 Å². The van der Waals surface area contributed by atoms with Crippen molar-refractivity contribution in [1.82, 2.24) is 4.98 Å². The molecule has 0 radical (unpaired) electrons. The van der Waals surface area contributed by atoms with Gasteiger partial charge in [-0.1, -0.05) is 19.3 Å². The van der Waals surface area contributed by atoms with Gasteiger partial charge in [0.1, 0.15) is 11.6 Å². The van der Waals surface area contributed by atoms with Gasteiger partial charge >= 0.3 is 0 Å². The second-order valence-electron chi connectivity index (χ2n) is 4.95. The van der Waals surface area contributed by atoms with Crippen LogP contribution in [0.5, 0.6) is 0 Å². The summed E-state index contributed by atoms with van der Waals surface area (Å²) in [5, 5.41) is 24.0. The largest absolute Gasteiger partial charge is 0.391 e. The number of pyridine rings is 1. The molecule has 2 rings (SSSR count). The van der Waals surface area contributed by atoms with Crippen molar-refractivity contribution in [2.75, 3.05) is 10.7 Å². The van der Waals surface area contributed by atoms with E-state index >= 15 is 0 Å². The molecular weight excluding hydrogens is 262 g/mol. The van der Waals surface area contributed by atoms with Crippen LogP contribution in [0.3, 0.4) is 0 Å². The fourth-order valence-electron chi connectivity index (χ4n) is 2.42. The quantitative estimate of drug-likeness (QED) is 0.284. The van der Waals surface area contributed by atoms with Gasteiger partial charge in [-0.2, -0.15) is 0 Å². The minimum Gasteiger partial charge on any atom is -0.391 e. The SMILES string of the molecule is NNc1cc([N+](=O)[O-])cc(NC2CCCCCC2O)n1. The van der Waals surface area contributed by atoms with Crippen molar-refractivity contribution in [3.05, 3.63) is 22.2 Å². The number of nitrogens with zero attached hydrogens (tertiary/aromatic N) is 2. The Morgan fingerprint density at radius 1 is 1.30 bits per heavy atom. The summed E-state index contributed by atoms with van der Waals surface area (Å²) in [5.41, 5.74) is 2.21. The zero-order valence-electron chi connectivity index (χ0n) is 11.1. The molecule has 8 nitrogen and oxygen atoms in total. The molecule has 1 saturated carbocycles. The van der Waals surface area contributed by atoms with Crippen LogP contribution < -0.4 is 16.6 Å². The van der Waals surface area contributed by atoms with Gasteiger partial charge in [0.2, 0.25) is 0 Å². The standard InChI is InChI=1S/C12H19N5O3/c13-16-12-7-8(17(19)20)6-11(15-12)14-9-4-2-1-3-5-10(9)18/h6-7,9-10,18H,1-5,13H2,(H2,14,15,16). The van der Waals surface area contributed by atoms with Gasteiger partial charge in [-0.25, -0.2) is 10.8 Å². The predicted octanol–water partition coefficient (Wildman–Crippen LogP) is 1.38. The topological polar surface area (TPSA) is 126 Å². The van der Waals surface area contributed by atoms with Crippen LogP contribution in [0.4, 0.5) is 17.3 Å². The van der Waals surface area contributed by atoms with E-state index in [1.165, 1.54) is 12.1 Å². The number of nitrogens with one attached hydrogen (secondary N) is 2. The fourth-order valence-corrected chi connectivity index (χ4v) is 2.42. The normalized spacial score (nSPS) is 22.9. The summed E-state index contributed by atoms with van der Waals surface area (Å²) in [5.74, 6) is 5.82. The molecule has 1 aromatic rings. The Bertz CT molecular complexity index is 482. The lowest BCUT2D eigenvalue weighted by Gasteiger charge is -2.22. The molecule has 110 valence electrons. The minimum atomic E-state index is -0.503. The van der Waals surface area contributed by atoms with Crippen LogP contribution >= 0.6 is 0 Å². The molecule has 2 unspecified atom stereocenters. The molecule has 0 amide bonds. The molecule has 0 saturated heterocycles. The van der Waals surface area contributed by atoms with Crippen LogP contribution in [0, 0.1) is 10.1 Å². The summed E-state index contributed by atoms with van der Waals surface area (Å²) in [6.07, 6.45) is 4.19. The number of hydrogen-bond donors (Lipinski definition) is 4. The van der Waals surface area contributed by atoms with Gasteiger partial charge in [-0.15, -0.1) is 0 Å². The Morgan fingerprint density at radius 3 is 2.70 bits per heavy atom. The van der Waals surface area contributed by atoms with Gasteiger partial charge in [-0.3, -0.25) is 10.1 Å². The number of anilines is 2. The molecule has 0 spiro atoms. The Labute approximate surface area is 116 Å². The van der Waals surface area contributed by atoms with E-state index in [2.05, 4.69) is 15.7 Å². The summed E-state index contributed by atoms with van der Waals surface area (Å²) in [4.78, 5) is 14.5. The first-order valence-electron chi connectivity index (χ1n) is 6.68. The smallest absolute Gasteiger partial charge is 0.276 e. The van der Waals surface area contributed by atoms with Gasteiger partial charge in [0, 0.05) is 0 Å². The molecule has 0 aromatic carbocycles. The van der Waals surface area contributed by atoms with Crippen LogP contribution in [-0.4, -0.2) is 27.2 Å². The van der Waals surface area contributed by atoms with Crippen molar-refractivity contribution in [2.45, 2.75) is 44.2 Å². The molecular formula is C12H19N5O3. The lowest BCUT2D eigenvalue weighted by molar-refractivity contribution is -0.384. The number of aliphatic hydroxyl groups is 1. The van der Waals surface area contributed by atoms with E-state index in [0.29, 0.717) is 5.82 Å². The number of rotatable bonds is 4. The number of nitrogens with two attached hydrogens (primary N) is 1. The second kappa shape index (κ2) is 6.49. The molecule has 20 heavy (non-hydrogen) atoms. The van der Waals surface area contributed by atoms with Crippen molar-refractivity contribution in [3.8, 4) is 0 Å². The molecule has 1 aliphatic carbocycles. The fraction of sp³-hybridized carbons (Fsp3) is 0.583. The number of aromatic nitrogens is 1. The van der Waals surface area contributed by atoms with Crippen LogP contribution in [-0.2, 0) is 0 Å². The van der Waals surface area contributed by atoms with E-state index in [9.17, 15) is 15.2 Å². The van der Waals surface area contributed by atoms with Crippen LogP contribution in [0.2, 0.25) is 0 Å². The van der Waals surface area contributed by atoms with Gasteiger partial charge in [0.05, 0.1) is 29.2 Å². The average Bonchev–Trinajstić information content (AvgIpc) is 2.64. The zero-order valence-corrected chi connectivity index (χ0v) is 11.1. The molecule has 5 N–H and O–H groups in total. The number of hydrogen-bond acceptors (Lipinski definition) is 7. The van der Waals surface area contributed by atoms with Crippen molar-refractivity contribution in [3.63, 3.8) is 0 Å². The van der Waals surface area contributed by atoms with E-state index in [1.54, 1.807) is 0 Å². The minimum absolute atomic E-state index is 0.0986. The monoisotopic (exact) mass is 281 g/mol. The highest BCUT2D eigenvalue weighted by Crippen LogP contribution is 2.24. The van der Waals surface area contributed by atoms with Gasteiger partial charge in [-0.05, 0) is 12.8 Å². The second-order valence-corrected chi connectivity index (χ2v) is 4.95. The van der Waals surface area contributed by atoms with Gasteiger partial charge in [0.15, 0.2) is 0 Å². The molecule has 1 aromatic heterocycles. The summed E-state index contributed by atoms with van der Waals surface area (Å²) >= 11 is 0. The first-order chi connectivity index (χ1) is 9.60. The summed E-state index contributed by atoms with van der Waals surface area (Å²) in [6.45, 7) is 0. The predicted molar refractivity (Wildman–Crippen MR) is 75.2 cm³/mol. The van der Waals surface area contributed by atoms with E-state index in [4.69, 9.17) is 5.84 Å². The summed E-state index contributed by atoms with van der Waals surface area (Å²) < 4.78 is 0. The van der Waals surface area contributed by atoms with Crippen molar-refractivity contribution < 1.29 is 10.0 Å². The maximum absolute atomic E-state index is 10.9. The Morgan fingerprint density at radius 2 is 2.00 bits per heavy atom. The molecule has 8 heteroatoms. The third-order valence-electron chi connectivity index (χ3n) is 3.48. The zero-order chi connectivity index (χ0) is 14.5. The molecule has 1 heterocycles. The van der Waals surface area contributed by atoms with Crippen LogP contribution in [0.1, 0.15) is 32.1 Å². The first-order valence-corrected chi connectivity index (χ1v) is 6.68. The first kappa shape index (κ1) is 14.5. The molecule has 0 bridgehead atoms. The number of hydrazine groups is 1. The van der Waals surface area contributed by atoms with E-state index in [1.807, 2.05) is 0 Å². The van der Waals surface area contributed by atoms with Crippen molar-refractivity contribution >= 4 is 17.3 Å². The van der Waals surface area contributed by atoms with Gasteiger partial charge in [0.25, 0.3) is 5.69 Å². The van der Waals surface area contributed by atoms with Crippen molar-refractivity contribution in [1.29, 1.82) is 0 Å². The summed E-state index contributed by atoms with van der Waals surface area (Å²) in [6, 6.07) is 2.46. The lowest BCUT2D eigenvalue weighted by atomic mass is 10.1. The third-order valence-corrected chi connectivity index (χ3v) is 3.48.